The molecule has 2 rings (SSSR count). The normalized spacial score (nSPS) is 17.2. The molecule has 0 bridgehead atoms. The van der Waals surface area contributed by atoms with Crippen LogP contribution in [0.15, 0.2) is 6.33 Å². The Morgan fingerprint density at radius 3 is 2.71 bits per heavy atom. The number of nitrogens with zero attached hydrogens (tertiary/aromatic N) is 3. The Labute approximate surface area is 102 Å². The molecule has 1 aromatic rings. The quantitative estimate of drug-likeness (QED) is 0.865. The molecule has 2 N–H and O–H groups in total. The third-order valence-corrected chi connectivity index (χ3v) is 3.51. The molecule has 1 saturated heterocycles. The highest BCUT2D eigenvalue weighted by Crippen LogP contribution is 2.31. The molecule has 0 amide bonds. The fraction of sp³-hybridized carbons (Fsp3) is 0.667. The predicted molar refractivity (Wildman–Crippen MR) is 68.2 cm³/mol. The first-order chi connectivity index (χ1) is 8.26. The first-order valence-corrected chi connectivity index (χ1v) is 6.15. The van der Waals surface area contributed by atoms with Crippen molar-refractivity contribution in [1.29, 1.82) is 0 Å². The zero-order valence-corrected chi connectivity index (χ0v) is 10.5. The Balaban J connectivity index is 2.13. The van der Waals surface area contributed by atoms with Gasteiger partial charge in [-0.3, -0.25) is 0 Å². The van der Waals surface area contributed by atoms with Gasteiger partial charge in [0, 0.05) is 13.1 Å². The number of hydrogen-bond donors (Lipinski definition) is 1. The van der Waals surface area contributed by atoms with Crippen LogP contribution in [0.4, 0.5) is 11.5 Å². The molecule has 1 fully saturated rings. The zero-order chi connectivity index (χ0) is 12.3. The second kappa shape index (κ2) is 5.21. The van der Waals surface area contributed by atoms with Gasteiger partial charge < -0.3 is 15.4 Å². The van der Waals surface area contributed by atoms with Crippen LogP contribution in [0.25, 0.3) is 0 Å². The number of aromatic nitrogens is 2. The minimum absolute atomic E-state index is 0.465. The summed E-state index contributed by atoms with van der Waals surface area (Å²) >= 11 is 0. The van der Waals surface area contributed by atoms with Crippen LogP contribution in [-0.4, -0.2) is 30.2 Å². The highest BCUT2D eigenvalue weighted by Gasteiger charge is 2.21. The maximum atomic E-state index is 6.00. The molecule has 1 aliphatic heterocycles. The van der Waals surface area contributed by atoms with E-state index in [1.54, 1.807) is 7.11 Å². The Morgan fingerprint density at radius 2 is 2.12 bits per heavy atom. The van der Waals surface area contributed by atoms with Gasteiger partial charge in [0.05, 0.1) is 7.11 Å². The molecule has 0 spiro atoms. The van der Waals surface area contributed by atoms with Crippen molar-refractivity contribution in [2.24, 2.45) is 5.92 Å². The maximum absolute atomic E-state index is 6.00. The first-order valence-electron chi connectivity index (χ1n) is 6.15. The Bertz CT molecular complexity index is 375. The number of rotatable bonds is 3. The minimum Gasteiger partial charge on any atom is -0.479 e. The van der Waals surface area contributed by atoms with E-state index in [-0.39, 0.29) is 0 Å². The van der Waals surface area contributed by atoms with Gasteiger partial charge in [-0.1, -0.05) is 13.3 Å². The number of piperidine rings is 1. The fourth-order valence-electron chi connectivity index (χ4n) is 2.34. The van der Waals surface area contributed by atoms with E-state index >= 15 is 0 Å². The van der Waals surface area contributed by atoms with E-state index in [1.807, 2.05) is 0 Å². The van der Waals surface area contributed by atoms with Crippen LogP contribution >= 0.6 is 0 Å². The van der Waals surface area contributed by atoms with Gasteiger partial charge >= 0.3 is 0 Å². The van der Waals surface area contributed by atoms with Gasteiger partial charge in [0.25, 0.3) is 0 Å². The van der Waals surface area contributed by atoms with Gasteiger partial charge in [0.2, 0.25) is 5.88 Å². The number of nitrogens with two attached hydrogens (primary N) is 1. The molecular formula is C12H20N4O. The molecule has 0 unspecified atom stereocenters. The van der Waals surface area contributed by atoms with Gasteiger partial charge in [-0.05, 0) is 18.8 Å². The van der Waals surface area contributed by atoms with Crippen LogP contribution in [0.5, 0.6) is 5.88 Å². The number of methoxy groups -OCH3 is 1. The van der Waals surface area contributed by atoms with Crippen LogP contribution in [0, 0.1) is 5.92 Å². The summed E-state index contributed by atoms with van der Waals surface area (Å²) in [7, 11) is 1.58. The van der Waals surface area contributed by atoms with E-state index in [1.165, 1.54) is 25.6 Å². The summed E-state index contributed by atoms with van der Waals surface area (Å²) in [5, 5.41) is 0. The van der Waals surface area contributed by atoms with Crippen molar-refractivity contribution >= 4 is 11.5 Å². The molecule has 5 nitrogen and oxygen atoms in total. The standard InChI is InChI=1S/C12H20N4O/c1-3-9-4-6-16(7-5-9)11-10(13)12(17-2)15-8-14-11/h8-9H,3-7,13H2,1-2H3. The number of hydrogen-bond acceptors (Lipinski definition) is 5. The van der Waals surface area contributed by atoms with Crippen LogP contribution in [0.1, 0.15) is 26.2 Å². The lowest BCUT2D eigenvalue weighted by Gasteiger charge is -2.32. The molecule has 0 aromatic carbocycles. The second-order valence-corrected chi connectivity index (χ2v) is 4.46. The molecule has 0 radical (unpaired) electrons. The summed E-state index contributed by atoms with van der Waals surface area (Å²) < 4.78 is 5.12. The first kappa shape index (κ1) is 12.0. The summed E-state index contributed by atoms with van der Waals surface area (Å²) in [5.74, 6) is 2.12. The minimum atomic E-state index is 0.465. The number of ether oxygens (including phenoxy) is 1. The highest BCUT2D eigenvalue weighted by atomic mass is 16.5. The summed E-state index contributed by atoms with van der Waals surface area (Å²) in [6, 6.07) is 0. The zero-order valence-electron chi connectivity index (χ0n) is 10.5. The van der Waals surface area contributed by atoms with Gasteiger partial charge in [-0.25, -0.2) is 4.98 Å². The Kier molecular flexibility index (Phi) is 3.66. The molecule has 17 heavy (non-hydrogen) atoms. The van der Waals surface area contributed by atoms with Gasteiger partial charge in [-0.15, -0.1) is 0 Å². The highest BCUT2D eigenvalue weighted by molar-refractivity contribution is 5.67. The second-order valence-electron chi connectivity index (χ2n) is 4.46. The molecule has 0 saturated carbocycles. The average molecular weight is 236 g/mol. The van der Waals surface area contributed by atoms with Crippen molar-refractivity contribution in [1.82, 2.24) is 9.97 Å². The van der Waals surface area contributed by atoms with E-state index in [2.05, 4.69) is 21.8 Å². The van der Waals surface area contributed by atoms with Crippen LogP contribution < -0.4 is 15.4 Å². The molecule has 1 aromatic heterocycles. The predicted octanol–water partition coefficient (Wildman–Crippen LogP) is 1.69. The lowest BCUT2D eigenvalue weighted by molar-refractivity contribution is 0.389. The SMILES string of the molecule is CCC1CCN(c2ncnc(OC)c2N)CC1. The summed E-state index contributed by atoms with van der Waals surface area (Å²) in [6.07, 6.45) is 5.19. The Hall–Kier alpha value is -1.52. The van der Waals surface area contributed by atoms with E-state index in [4.69, 9.17) is 10.5 Å². The van der Waals surface area contributed by atoms with Crippen molar-refractivity contribution in [3.8, 4) is 5.88 Å². The van der Waals surface area contributed by atoms with E-state index in [0.717, 1.165) is 24.8 Å². The van der Waals surface area contributed by atoms with Crippen molar-refractivity contribution < 1.29 is 4.74 Å². The van der Waals surface area contributed by atoms with Crippen LogP contribution in [0.2, 0.25) is 0 Å². The van der Waals surface area contributed by atoms with Gasteiger partial charge in [0.15, 0.2) is 5.82 Å². The topological polar surface area (TPSA) is 64.3 Å². The van der Waals surface area contributed by atoms with E-state index in [9.17, 15) is 0 Å². The monoisotopic (exact) mass is 236 g/mol. The molecule has 2 heterocycles. The lowest BCUT2D eigenvalue weighted by Crippen LogP contribution is -2.34. The Morgan fingerprint density at radius 1 is 1.41 bits per heavy atom. The van der Waals surface area contributed by atoms with Crippen molar-refractivity contribution in [2.45, 2.75) is 26.2 Å². The third kappa shape index (κ3) is 2.43. The van der Waals surface area contributed by atoms with Gasteiger partial charge in [0.1, 0.15) is 12.0 Å². The summed E-state index contributed by atoms with van der Waals surface area (Å²) in [5.41, 5.74) is 6.55. The van der Waals surface area contributed by atoms with Gasteiger partial charge in [-0.2, -0.15) is 4.98 Å². The smallest absolute Gasteiger partial charge is 0.242 e. The number of nitrogen functional groups attached to an aromatic ring is 1. The number of anilines is 2. The van der Waals surface area contributed by atoms with E-state index < -0.39 is 0 Å². The maximum Gasteiger partial charge on any atom is 0.242 e. The largest absolute Gasteiger partial charge is 0.479 e. The van der Waals surface area contributed by atoms with Crippen molar-refractivity contribution in [3.05, 3.63) is 6.33 Å². The molecular weight excluding hydrogens is 216 g/mol. The summed E-state index contributed by atoms with van der Waals surface area (Å²) in [6.45, 7) is 4.29. The average Bonchev–Trinajstić information content (AvgIpc) is 2.39. The van der Waals surface area contributed by atoms with E-state index in [0.29, 0.717) is 11.6 Å². The molecule has 0 aliphatic carbocycles. The molecule has 94 valence electrons. The van der Waals surface area contributed by atoms with Crippen LogP contribution in [0.3, 0.4) is 0 Å². The van der Waals surface area contributed by atoms with Crippen molar-refractivity contribution in [2.75, 3.05) is 30.8 Å². The molecule has 5 heteroatoms. The molecule has 1 aliphatic rings. The lowest BCUT2D eigenvalue weighted by atomic mass is 9.94. The third-order valence-electron chi connectivity index (χ3n) is 3.51. The fourth-order valence-corrected chi connectivity index (χ4v) is 2.34. The molecule has 0 atom stereocenters. The van der Waals surface area contributed by atoms with Crippen molar-refractivity contribution in [3.63, 3.8) is 0 Å². The van der Waals surface area contributed by atoms with Crippen LogP contribution in [-0.2, 0) is 0 Å². The summed E-state index contributed by atoms with van der Waals surface area (Å²) in [4.78, 5) is 10.5.